The second kappa shape index (κ2) is 8.99. The van der Waals surface area contributed by atoms with Crippen molar-refractivity contribution in [3.63, 3.8) is 0 Å². The molecule has 1 aliphatic rings. The van der Waals surface area contributed by atoms with E-state index in [2.05, 4.69) is 29.0 Å². The molecule has 134 valence electrons. The molecule has 1 saturated heterocycles. The van der Waals surface area contributed by atoms with Crippen LogP contribution in [0.4, 0.5) is 5.82 Å². The number of morpholine rings is 1. The molecule has 2 atom stereocenters. The van der Waals surface area contributed by atoms with Crippen LogP contribution >= 0.6 is 0 Å². The molecule has 1 N–H and O–H groups in total. The van der Waals surface area contributed by atoms with Gasteiger partial charge in [-0.3, -0.25) is 9.69 Å². The van der Waals surface area contributed by atoms with Gasteiger partial charge in [-0.15, -0.1) is 0 Å². The Kier molecular flexibility index (Phi) is 6.99. The summed E-state index contributed by atoms with van der Waals surface area (Å²) in [5.41, 5.74) is 1.03. The van der Waals surface area contributed by atoms with Gasteiger partial charge in [-0.1, -0.05) is 19.9 Å². The van der Waals surface area contributed by atoms with E-state index in [-0.39, 0.29) is 18.1 Å². The smallest absolute Gasteiger partial charge is 0.237 e. The Balaban J connectivity index is 1.97. The quantitative estimate of drug-likeness (QED) is 0.822. The van der Waals surface area contributed by atoms with Gasteiger partial charge in [-0.2, -0.15) is 0 Å². The van der Waals surface area contributed by atoms with E-state index in [0.717, 1.165) is 37.3 Å². The molecule has 0 saturated carbocycles. The lowest BCUT2D eigenvalue weighted by Crippen LogP contribution is -2.53. The van der Waals surface area contributed by atoms with Gasteiger partial charge in [0.2, 0.25) is 5.91 Å². The van der Waals surface area contributed by atoms with E-state index in [1.165, 1.54) is 0 Å². The molecule has 1 aromatic rings. The average molecular weight is 334 g/mol. The first-order valence-corrected chi connectivity index (χ1v) is 8.81. The number of ether oxygens (including phenoxy) is 1. The molecule has 1 amide bonds. The van der Waals surface area contributed by atoms with E-state index >= 15 is 0 Å². The highest BCUT2D eigenvalue weighted by Gasteiger charge is 2.29. The van der Waals surface area contributed by atoms with Gasteiger partial charge in [0.25, 0.3) is 0 Å². The fraction of sp³-hybridized carbons (Fsp3) is 0.667. The fourth-order valence-electron chi connectivity index (χ4n) is 3.15. The average Bonchev–Trinajstić information content (AvgIpc) is 2.61. The third-order valence-corrected chi connectivity index (χ3v) is 4.50. The van der Waals surface area contributed by atoms with Crippen LogP contribution in [-0.2, 0) is 16.1 Å². The number of nitrogens with zero attached hydrogens (tertiary/aromatic N) is 3. The summed E-state index contributed by atoms with van der Waals surface area (Å²) in [4.78, 5) is 21.3. The zero-order chi connectivity index (χ0) is 17.5. The largest absolute Gasteiger partial charge is 0.376 e. The van der Waals surface area contributed by atoms with E-state index in [9.17, 15) is 4.79 Å². The van der Waals surface area contributed by atoms with Gasteiger partial charge in [-0.25, -0.2) is 4.98 Å². The number of rotatable bonds is 7. The van der Waals surface area contributed by atoms with Crippen molar-refractivity contribution in [2.24, 2.45) is 0 Å². The zero-order valence-electron chi connectivity index (χ0n) is 15.3. The molecule has 1 fully saturated rings. The van der Waals surface area contributed by atoms with E-state index < -0.39 is 0 Å². The molecule has 2 unspecified atom stereocenters. The molecule has 24 heavy (non-hydrogen) atoms. The lowest BCUT2D eigenvalue weighted by Gasteiger charge is -2.37. The molecule has 0 aliphatic carbocycles. The van der Waals surface area contributed by atoms with Gasteiger partial charge < -0.3 is 15.0 Å². The third kappa shape index (κ3) is 4.68. The number of nitrogens with one attached hydrogen (secondary N) is 1. The van der Waals surface area contributed by atoms with Gasteiger partial charge in [0.05, 0.1) is 18.8 Å². The predicted molar refractivity (Wildman–Crippen MR) is 96.1 cm³/mol. The molecule has 0 spiro atoms. The van der Waals surface area contributed by atoms with Crippen LogP contribution in [0.25, 0.3) is 0 Å². The molecule has 2 rings (SSSR count). The number of hydrogen-bond acceptors (Lipinski definition) is 5. The van der Waals surface area contributed by atoms with Gasteiger partial charge in [0.15, 0.2) is 0 Å². The van der Waals surface area contributed by atoms with Crippen molar-refractivity contribution < 1.29 is 9.53 Å². The van der Waals surface area contributed by atoms with Crippen LogP contribution in [-0.4, -0.2) is 61.7 Å². The van der Waals surface area contributed by atoms with Crippen LogP contribution in [0.2, 0.25) is 0 Å². The molecule has 6 nitrogen and oxygen atoms in total. The highest BCUT2D eigenvalue weighted by atomic mass is 16.5. The highest BCUT2D eigenvalue weighted by molar-refractivity contribution is 5.81. The van der Waals surface area contributed by atoms with E-state index in [4.69, 9.17) is 4.74 Å². The second-order valence-corrected chi connectivity index (χ2v) is 6.42. The van der Waals surface area contributed by atoms with Gasteiger partial charge in [0.1, 0.15) is 5.82 Å². The number of aromatic nitrogens is 1. The van der Waals surface area contributed by atoms with Crippen molar-refractivity contribution in [1.82, 2.24) is 15.2 Å². The maximum atomic E-state index is 12.7. The third-order valence-electron chi connectivity index (χ3n) is 4.50. The van der Waals surface area contributed by atoms with E-state index in [1.807, 2.05) is 31.1 Å². The number of carbonyl (C=O) groups excluding carboxylic acids is 1. The van der Waals surface area contributed by atoms with Crippen molar-refractivity contribution in [3.8, 4) is 0 Å². The van der Waals surface area contributed by atoms with Gasteiger partial charge >= 0.3 is 0 Å². The Hall–Kier alpha value is -1.66. The lowest BCUT2D eigenvalue weighted by molar-refractivity contribution is -0.130. The summed E-state index contributed by atoms with van der Waals surface area (Å²) in [6, 6.07) is 3.81. The molecule has 0 bridgehead atoms. The zero-order valence-corrected chi connectivity index (χ0v) is 15.3. The number of amides is 1. The first kappa shape index (κ1) is 18.7. The van der Waals surface area contributed by atoms with Crippen molar-refractivity contribution >= 4 is 11.7 Å². The van der Waals surface area contributed by atoms with Crippen LogP contribution in [0.3, 0.4) is 0 Å². The maximum absolute atomic E-state index is 12.7. The molecule has 1 aromatic heterocycles. The molecular weight excluding hydrogens is 304 g/mol. The molecular formula is C18H30N4O2. The molecule has 0 aromatic carbocycles. The van der Waals surface area contributed by atoms with Crippen LogP contribution in [0, 0.1) is 0 Å². The Morgan fingerprint density at radius 1 is 1.50 bits per heavy atom. The highest BCUT2D eigenvalue weighted by Crippen LogP contribution is 2.16. The van der Waals surface area contributed by atoms with Crippen molar-refractivity contribution in [2.45, 2.75) is 45.4 Å². The van der Waals surface area contributed by atoms with Gasteiger partial charge in [-0.05, 0) is 18.9 Å². The summed E-state index contributed by atoms with van der Waals surface area (Å²) in [6.45, 7) is 7.04. The number of pyridine rings is 1. The summed E-state index contributed by atoms with van der Waals surface area (Å²) < 4.78 is 5.72. The Morgan fingerprint density at radius 2 is 2.29 bits per heavy atom. The van der Waals surface area contributed by atoms with Gasteiger partial charge in [0, 0.05) is 45.5 Å². The van der Waals surface area contributed by atoms with Crippen LogP contribution in [0.1, 0.15) is 32.3 Å². The topological polar surface area (TPSA) is 57.7 Å². The summed E-state index contributed by atoms with van der Waals surface area (Å²) in [5.74, 6) is 0.978. The molecule has 2 heterocycles. The van der Waals surface area contributed by atoms with Crippen LogP contribution < -0.4 is 10.2 Å². The van der Waals surface area contributed by atoms with Crippen LogP contribution in [0.5, 0.6) is 0 Å². The SMILES string of the molecule is CCC1CN(C(CC)C(=O)NCc2cccnc2N(C)C)CCO1. The molecule has 6 heteroatoms. The van der Waals surface area contributed by atoms with E-state index in [1.54, 1.807) is 6.20 Å². The summed E-state index contributed by atoms with van der Waals surface area (Å²) in [6.07, 6.45) is 3.79. The van der Waals surface area contributed by atoms with E-state index in [0.29, 0.717) is 13.2 Å². The molecule has 1 aliphatic heterocycles. The Bertz CT molecular complexity index is 536. The predicted octanol–water partition coefficient (Wildman–Crippen LogP) is 1.65. The summed E-state index contributed by atoms with van der Waals surface area (Å²) in [7, 11) is 3.92. The normalized spacial score (nSPS) is 19.8. The minimum atomic E-state index is -0.0950. The van der Waals surface area contributed by atoms with Crippen molar-refractivity contribution in [2.75, 3.05) is 38.7 Å². The molecule has 0 radical (unpaired) electrons. The summed E-state index contributed by atoms with van der Waals surface area (Å²) >= 11 is 0. The summed E-state index contributed by atoms with van der Waals surface area (Å²) in [5, 5.41) is 3.09. The fourth-order valence-corrected chi connectivity index (χ4v) is 3.15. The first-order valence-electron chi connectivity index (χ1n) is 8.81. The standard InChI is InChI=1S/C18H30N4O2/c1-5-15-13-22(10-11-24-15)16(6-2)18(23)20-12-14-8-7-9-19-17(14)21(3)4/h7-9,15-16H,5-6,10-13H2,1-4H3,(H,20,23). The number of anilines is 1. The van der Waals surface area contributed by atoms with Crippen molar-refractivity contribution in [3.05, 3.63) is 23.9 Å². The lowest BCUT2D eigenvalue weighted by atomic mass is 10.1. The maximum Gasteiger partial charge on any atom is 0.237 e. The van der Waals surface area contributed by atoms with Crippen molar-refractivity contribution in [1.29, 1.82) is 0 Å². The monoisotopic (exact) mass is 334 g/mol. The Labute approximate surface area is 145 Å². The minimum Gasteiger partial charge on any atom is -0.376 e. The number of carbonyl (C=O) groups is 1. The minimum absolute atomic E-state index is 0.0859. The Morgan fingerprint density at radius 3 is 2.96 bits per heavy atom. The van der Waals surface area contributed by atoms with Crippen LogP contribution in [0.15, 0.2) is 18.3 Å². The first-order chi connectivity index (χ1) is 11.6. The second-order valence-electron chi connectivity index (χ2n) is 6.42. The number of hydrogen-bond donors (Lipinski definition) is 1.